The standard InChI is InChI=1S/C24H23ClF2N6O2/c1-14-21(32(3)22(30-14)16-4-6-17(25)7-5-16)23(34)31-15(2)24(35,11-33-13-28-12-29-33)19-9-8-18(26)10-20(19)27/h4-10,12-13,15,35H,11H2,1-3H3,(H,31,34). The van der Waals surface area contributed by atoms with Crippen molar-refractivity contribution in [3.05, 3.63) is 88.7 Å². The van der Waals surface area contributed by atoms with E-state index in [1.54, 1.807) is 42.8 Å². The molecular formula is C24H23ClF2N6O2. The molecule has 0 bridgehead atoms. The fourth-order valence-corrected chi connectivity index (χ4v) is 4.18. The zero-order valence-corrected chi connectivity index (χ0v) is 20.0. The average molecular weight is 501 g/mol. The van der Waals surface area contributed by atoms with Crippen LogP contribution in [0, 0.1) is 18.6 Å². The minimum atomic E-state index is -1.98. The summed E-state index contributed by atoms with van der Waals surface area (Å²) in [5, 5.41) is 18.9. The van der Waals surface area contributed by atoms with Crippen LogP contribution in [0.25, 0.3) is 11.4 Å². The number of nitrogens with zero attached hydrogens (tertiary/aromatic N) is 5. The Kier molecular flexibility index (Phi) is 6.68. The Morgan fingerprint density at radius 3 is 2.57 bits per heavy atom. The average Bonchev–Trinajstić information content (AvgIpc) is 3.41. The van der Waals surface area contributed by atoms with E-state index in [2.05, 4.69) is 20.4 Å². The molecule has 1 amide bonds. The van der Waals surface area contributed by atoms with E-state index in [4.69, 9.17) is 11.6 Å². The molecule has 0 saturated heterocycles. The van der Waals surface area contributed by atoms with Gasteiger partial charge in [-0.3, -0.25) is 4.79 Å². The molecule has 182 valence electrons. The van der Waals surface area contributed by atoms with E-state index in [1.165, 1.54) is 24.3 Å². The van der Waals surface area contributed by atoms with Crippen LogP contribution in [0.1, 0.15) is 28.7 Å². The second-order valence-corrected chi connectivity index (χ2v) is 8.71. The predicted molar refractivity (Wildman–Crippen MR) is 126 cm³/mol. The molecule has 0 fully saturated rings. The molecule has 0 saturated carbocycles. The van der Waals surface area contributed by atoms with Crippen molar-refractivity contribution >= 4 is 17.5 Å². The van der Waals surface area contributed by atoms with Gasteiger partial charge in [0, 0.05) is 29.3 Å². The molecule has 2 N–H and O–H groups in total. The number of amides is 1. The molecule has 0 aliphatic rings. The Labute approximate surface area is 205 Å². The van der Waals surface area contributed by atoms with E-state index < -0.39 is 29.2 Å². The van der Waals surface area contributed by atoms with Crippen LogP contribution in [0.3, 0.4) is 0 Å². The number of carbonyl (C=O) groups excluding carboxylic acids is 1. The first-order valence-corrected chi connectivity index (χ1v) is 11.1. The number of nitrogens with one attached hydrogen (secondary N) is 1. The van der Waals surface area contributed by atoms with Crippen molar-refractivity contribution in [2.24, 2.45) is 7.05 Å². The molecule has 0 aliphatic heterocycles. The van der Waals surface area contributed by atoms with Crippen molar-refractivity contribution in [1.29, 1.82) is 0 Å². The van der Waals surface area contributed by atoms with Crippen LogP contribution < -0.4 is 5.32 Å². The second-order valence-electron chi connectivity index (χ2n) is 8.27. The van der Waals surface area contributed by atoms with Gasteiger partial charge >= 0.3 is 0 Å². The topological polar surface area (TPSA) is 97.9 Å². The maximum Gasteiger partial charge on any atom is 0.270 e. The number of aryl methyl sites for hydroxylation is 1. The van der Waals surface area contributed by atoms with Crippen molar-refractivity contribution in [2.75, 3.05) is 0 Å². The molecule has 2 aromatic carbocycles. The van der Waals surface area contributed by atoms with Crippen LogP contribution in [0.15, 0.2) is 55.1 Å². The van der Waals surface area contributed by atoms with E-state index in [-0.39, 0.29) is 17.8 Å². The third-order valence-electron chi connectivity index (χ3n) is 5.92. The lowest BCUT2D eigenvalue weighted by Gasteiger charge is -2.35. The molecular weight excluding hydrogens is 478 g/mol. The Morgan fingerprint density at radius 2 is 1.94 bits per heavy atom. The Bertz CT molecular complexity index is 1360. The van der Waals surface area contributed by atoms with Crippen molar-refractivity contribution in [3.8, 4) is 11.4 Å². The lowest BCUT2D eigenvalue weighted by molar-refractivity contribution is -0.0187. The third-order valence-corrected chi connectivity index (χ3v) is 6.17. The fraction of sp³-hybridized carbons (Fsp3) is 0.250. The Morgan fingerprint density at radius 1 is 1.23 bits per heavy atom. The Balaban J connectivity index is 1.67. The normalized spacial score (nSPS) is 13.9. The molecule has 0 aliphatic carbocycles. The summed E-state index contributed by atoms with van der Waals surface area (Å²) in [5.74, 6) is -1.70. The lowest BCUT2D eigenvalue weighted by Crippen LogP contribution is -2.52. The van der Waals surface area contributed by atoms with Gasteiger partial charge in [-0.15, -0.1) is 0 Å². The van der Waals surface area contributed by atoms with Crippen LogP contribution in [0.4, 0.5) is 8.78 Å². The van der Waals surface area contributed by atoms with Crippen molar-refractivity contribution in [2.45, 2.75) is 32.0 Å². The summed E-state index contributed by atoms with van der Waals surface area (Å²) in [7, 11) is 1.70. The zero-order chi connectivity index (χ0) is 25.3. The lowest BCUT2D eigenvalue weighted by atomic mass is 9.86. The number of carbonyl (C=O) groups is 1. The van der Waals surface area contributed by atoms with Gasteiger partial charge in [-0.1, -0.05) is 17.7 Å². The number of rotatable bonds is 7. The first-order chi connectivity index (χ1) is 16.6. The molecule has 0 radical (unpaired) electrons. The quantitative estimate of drug-likeness (QED) is 0.404. The second kappa shape index (κ2) is 9.55. The highest BCUT2D eigenvalue weighted by Gasteiger charge is 2.40. The van der Waals surface area contributed by atoms with E-state index in [0.717, 1.165) is 17.7 Å². The van der Waals surface area contributed by atoms with Crippen molar-refractivity contribution in [1.82, 2.24) is 29.6 Å². The number of halogens is 3. The number of hydrogen-bond acceptors (Lipinski definition) is 5. The largest absolute Gasteiger partial charge is 0.381 e. The first kappa shape index (κ1) is 24.5. The molecule has 2 heterocycles. The molecule has 2 aromatic heterocycles. The SMILES string of the molecule is Cc1nc(-c2ccc(Cl)cc2)n(C)c1C(=O)NC(C)C(O)(Cn1cncn1)c1ccc(F)cc1F. The van der Waals surface area contributed by atoms with E-state index in [9.17, 15) is 18.7 Å². The molecule has 2 atom stereocenters. The summed E-state index contributed by atoms with van der Waals surface area (Å²) in [6, 6.07) is 8.90. The molecule has 11 heteroatoms. The molecule has 2 unspecified atom stereocenters. The van der Waals surface area contributed by atoms with Gasteiger partial charge in [0.05, 0.1) is 18.3 Å². The Hall–Kier alpha value is -3.63. The number of aromatic nitrogens is 5. The van der Waals surface area contributed by atoms with E-state index in [1.807, 2.05) is 0 Å². The van der Waals surface area contributed by atoms with Gasteiger partial charge in [0.15, 0.2) is 0 Å². The molecule has 4 aromatic rings. The summed E-state index contributed by atoms with van der Waals surface area (Å²) in [5.41, 5.74) is -0.666. The predicted octanol–water partition coefficient (Wildman–Crippen LogP) is 3.62. The van der Waals surface area contributed by atoms with Gasteiger partial charge in [0.1, 0.15) is 41.4 Å². The maximum atomic E-state index is 14.8. The molecule has 35 heavy (non-hydrogen) atoms. The van der Waals surface area contributed by atoms with E-state index >= 15 is 0 Å². The molecule has 4 rings (SSSR count). The van der Waals surface area contributed by atoms with Crippen LogP contribution in [-0.2, 0) is 19.2 Å². The van der Waals surface area contributed by atoms with Crippen molar-refractivity contribution < 1.29 is 18.7 Å². The molecule has 0 spiro atoms. The number of imidazole rings is 1. The number of hydrogen-bond donors (Lipinski definition) is 2. The van der Waals surface area contributed by atoms with Crippen molar-refractivity contribution in [3.63, 3.8) is 0 Å². The van der Waals surface area contributed by atoms with Gasteiger partial charge in [-0.25, -0.2) is 23.4 Å². The maximum absolute atomic E-state index is 14.8. The smallest absolute Gasteiger partial charge is 0.270 e. The number of aliphatic hydroxyl groups is 1. The van der Waals surface area contributed by atoms with E-state index in [0.29, 0.717) is 22.6 Å². The van der Waals surface area contributed by atoms with Crippen LogP contribution in [-0.4, -0.2) is 41.4 Å². The summed E-state index contributed by atoms with van der Waals surface area (Å²) in [4.78, 5) is 21.7. The van der Waals surface area contributed by atoms with Crippen LogP contribution >= 0.6 is 11.6 Å². The summed E-state index contributed by atoms with van der Waals surface area (Å²) in [6.45, 7) is 2.99. The fourth-order valence-electron chi connectivity index (χ4n) is 4.05. The number of benzene rings is 2. The van der Waals surface area contributed by atoms with Crippen LogP contribution in [0.5, 0.6) is 0 Å². The highest BCUT2D eigenvalue weighted by molar-refractivity contribution is 6.30. The zero-order valence-electron chi connectivity index (χ0n) is 19.2. The highest BCUT2D eigenvalue weighted by Crippen LogP contribution is 2.31. The summed E-state index contributed by atoms with van der Waals surface area (Å²) >= 11 is 5.97. The van der Waals surface area contributed by atoms with Gasteiger partial charge in [-0.2, -0.15) is 5.10 Å². The van der Waals surface area contributed by atoms with Gasteiger partial charge in [0.25, 0.3) is 5.91 Å². The monoisotopic (exact) mass is 500 g/mol. The highest BCUT2D eigenvalue weighted by atomic mass is 35.5. The van der Waals surface area contributed by atoms with Gasteiger partial charge in [-0.05, 0) is 44.2 Å². The first-order valence-electron chi connectivity index (χ1n) is 10.7. The summed E-state index contributed by atoms with van der Waals surface area (Å²) in [6.07, 6.45) is 2.62. The minimum Gasteiger partial charge on any atom is -0.381 e. The minimum absolute atomic E-state index is 0.189. The summed E-state index contributed by atoms with van der Waals surface area (Å²) < 4.78 is 31.3. The van der Waals surface area contributed by atoms with Gasteiger partial charge < -0.3 is 15.0 Å². The third kappa shape index (κ3) is 4.80. The molecule has 8 nitrogen and oxygen atoms in total. The van der Waals surface area contributed by atoms with Crippen LogP contribution in [0.2, 0.25) is 5.02 Å². The van der Waals surface area contributed by atoms with Gasteiger partial charge in [0.2, 0.25) is 0 Å².